The molecule has 2 rings (SSSR count). The van der Waals surface area contributed by atoms with Gasteiger partial charge in [0.1, 0.15) is 5.60 Å². The van der Waals surface area contributed by atoms with Gasteiger partial charge in [-0.25, -0.2) is 0 Å². The van der Waals surface area contributed by atoms with Crippen molar-refractivity contribution in [2.75, 3.05) is 0 Å². The molecule has 0 heterocycles. The molecule has 0 aliphatic heterocycles. The van der Waals surface area contributed by atoms with Crippen molar-refractivity contribution < 1.29 is 14.6 Å². The van der Waals surface area contributed by atoms with Gasteiger partial charge in [0.05, 0.1) is 12.0 Å². The second kappa shape index (κ2) is 6.18. The van der Waals surface area contributed by atoms with Crippen LogP contribution in [0, 0.1) is 0 Å². The summed E-state index contributed by atoms with van der Waals surface area (Å²) in [5.74, 6) is -0.105. The van der Waals surface area contributed by atoms with Crippen molar-refractivity contribution in [3.8, 4) is 0 Å². The summed E-state index contributed by atoms with van der Waals surface area (Å²) in [5, 5.41) is 9.17. The summed E-state index contributed by atoms with van der Waals surface area (Å²) < 4.78 is 5.70. The normalized spacial score (nSPS) is 18.3. The second-order valence-corrected chi connectivity index (χ2v) is 7.00. The first-order valence-electron chi connectivity index (χ1n) is 7.81. The summed E-state index contributed by atoms with van der Waals surface area (Å²) in [7, 11) is 0. The third kappa shape index (κ3) is 3.65. The molecule has 0 atom stereocenters. The van der Waals surface area contributed by atoms with E-state index in [1.54, 1.807) is 0 Å². The highest BCUT2D eigenvalue weighted by Crippen LogP contribution is 2.41. The molecule has 1 aromatic carbocycles. The van der Waals surface area contributed by atoms with E-state index in [-0.39, 0.29) is 12.6 Å². The first-order chi connectivity index (χ1) is 9.87. The van der Waals surface area contributed by atoms with E-state index in [9.17, 15) is 9.90 Å². The van der Waals surface area contributed by atoms with Gasteiger partial charge in [0.2, 0.25) is 0 Å². The summed E-state index contributed by atoms with van der Waals surface area (Å²) in [6, 6.07) is 7.74. The Bertz CT molecular complexity index is 476. The number of carbonyl (C=O) groups is 1. The van der Waals surface area contributed by atoms with E-state index in [0.717, 1.165) is 36.8 Å². The zero-order valence-electron chi connectivity index (χ0n) is 13.3. The van der Waals surface area contributed by atoms with Crippen molar-refractivity contribution in [1.29, 1.82) is 0 Å². The lowest BCUT2D eigenvalue weighted by molar-refractivity contribution is -0.163. The lowest BCUT2D eigenvalue weighted by atomic mass is 9.69. The summed E-state index contributed by atoms with van der Waals surface area (Å²) >= 11 is 0. The third-order valence-corrected chi connectivity index (χ3v) is 4.19. The minimum Gasteiger partial charge on any atom is -0.459 e. The summed E-state index contributed by atoms with van der Waals surface area (Å²) in [6.45, 7) is 5.77. The molecule has 3 nitrogen and oxygen atoms in total. The molecule has 1 aliphatic rings. The highest BCUT2D eigenvalue weighted by Gasteiger charge is 2.43. The Labute approximate surface area is 127 Å². The van der Waals surface area contributed by atoms with Gasteiger partial charge in [0.15, 0.2) is 0 Å². The lowest BCUT2D eigenvalue weighted by Gasteiger charge is -2.37. The third-order valence-electron chi connectivity index (χ3n) is 4.19. The van der Waals surface area contributed by atoms with Crippen LogP contribution in [-0.2, 0) is 21.6 Å². The van der Waals surface area contributed by atoms with Crippen LogP contribution in [0.15, 0.2) is 24.3 Å². The van der Waals surface area contributed by atoms with Crippen molar-refractivity contribution in [2.45, 2.75) is 70.5 Å². The van der Waals surface area contributed by atoms with E-state index in [2.05, 4.69) is 0 Å². The number of hydrogen-bond donors (Lipinski definition) is 1. The lowest BCUT2D eigenvalue weighted by Crippen LogP contribution is -2.42. The average Bonchev–Trinajstić information content (AvgIpc) is 2.46. The number of ether oxygens (including phenoxy) is 1. The predicted molar refractivity (Wildman–Crippen MR) is 83.0 cm³/mol. The number of hydrogen-bond acceptors (Lipinski definition) is 3. The van der Waals surface area contributed by atoms with E-state index in [1.807, 2.05) is 45.0 Å². The Morgan fingerprint density at radius 1 is 1.14 bits per heavy atom. The highest BCUT2D eigenvalue weighted by atomic mass is 16.6. The SMILES string of the molecule is CC(C)(C)OC(=O)C1(c2ccc(CO)cc2)CCCCC1. The van der Waals surface area contributed by atoms with Crippen LogP contribution in [0.3, 0.4) is 0 Å². The van der Waals surface area contributed by atoms with Gasteiger partial charge < -0.3 is 9.84 Å². The zero-order valence-corrected chi connectivity index (χ0v) is 13.3. The second-order valence-electron chi connectivity index (χ2n) is 7.00. The summed E-state index contributed by atoms with van der Waals surface area (Å²) in [4.78, 5) is 12.8. The monoisotopic (exact) mass is 290 g/mol. The van der Waals surface area contributed by atoms with Gasteiger partial charge in [-0.1, -0.05) is 43.5 Å². The van der Waals surface area contributed by atoms with Gasteiger partial charge in [0, 0.05) is 0 Å². The van der Waals surface area contributed by atoms with Crippen LogP contribution >= 0.6 is 0 Å². The van der Waals surface area contributed by atoms with Crippen LogP contribution in [-0.4, -0.2) is 16.7 Å². The number of aliphatic hydroxyl groups is 1. The molecule has 0 amide bonds. The largest absolute Gasteiger partial charge is 0.459 e. The van der Waals surface area contributed by atoms with Gasteiger partial charge in [-0.15, -0.1) is 0 Å². The molecule has 21 heavy (non-hydrogen) atoms. The summed E-state index contributed by atoms with van der Waals surface area (Å²) in [5.41, 5.74) is 0.911. The molecule has 116 valence electrons. The van der Waals surface area contributed by atoms with E-state index >= 15 is 0 Å². The predicted octanol–water partition coefficient (Wildman–Crippen LogP) is 3.72. The van der Waals surface area contributed by atoms with E-state index in [1.165, 1.54) is 6.42 Å². The van der Waals surface area contributed by atoms with Crippen LogP contribution in [0.2, 0.25) is 0 Å². The van der Waals surface area contributed by atoms with Crippen molar-refractivity contribution in [1.82, 2.24) is 0 Å². The van der Waals surface area contributed by atoms with Crippen molar-refractivity contribution >= 4 is 5.97 Å². The molecule has 0 radical (unpaired) electrons. The Morgan fingerprint density at radius 2 is 1.71 bits per heavy atom. The van der Waals surface area contributed by atoms with Crippen molar-refractivity contribution in [2.24, 2.45) is 0 Å². The van der Waals surface area contributed by atoms with Gasteiger partial charge in [0.25, 0.3) is 0 Å². The maximum absolute atomic E-state index is 12.8. The maximum atomic E-state index is 12.8. The van der Waals surface area contributed by atoms with E-state index in [4.69, 9.17) is 4.74 Å². The zero-order chi connectivity index (χ0) is 15.5. The fraction of sp³-hybridized carbons (Fsp3) is 0.611. The molecule has 0 bridgehead atoms. The highest BCUT2D eigenvalue weighted by molar-refractivity contribution is 5.83. The number of carbonyl (C=O) groups excluding carboxylic acids is 1. The average molecular weight is 290 g/mol. The molecule has 1 fully saturated rings. The van der Waals surface area contributed by atoms with E-state index in [0.29, 0.717) is 0 Å². The number of aliphatic hydroxyl groups excluding tert-OH is 1. The number of benzene rings is 1. The minimum atomic E-state index is -0.514. The molecule has 0 aromatic heterocycles. The molecule has 0 saturated heterocycles. The fourth-order valence-corrected chi connectivity index (χ4v) is 3.07. The Kier molecular flexibility index (Phi) is 4.72. The van der Waals surface area contributed by atoms with Gasteiger partial charge in [-0.05, 0) is 44.7 Å². The first-order valence-corrected chi connectivity index (χ1v) is 7.81. The molecule has 0 unspecified atom stereocenters. The number of rotatable bonds is 3. The van der Waals surface area contributed by atoms with Crippen LogP contribution < -0.4 is 0 Å². The Hall–Kier alpha value is -1.35. The molecule has 1 aliphatic carbocycles. The standard InChI is InChI=1S/C18H26O3/c1-17(2,3)21-16(20)18(11-5-4-6-12-18)15-9-7-14(13-19)8-10-15/h7-10,19H,4-6,11-13H2,1-3H3. The molecule has 3 heteroatoms. The van der Waals surface area contributed by atoms with Crippen LogP contribution in [0.1, 0.15) is 64.0 Å². The van der Waals surface area contributed by atoms with Crippen LogP contribution in [0.25, 0.3) is 0 Å². The molecular weight excluding hydrogens is 264 g/mol. The van der Waals surface area contributed by atoms with Crippen molar-refractivity contribution in [3.63, 3.8) is 0 Å². The molecule has 1 aromatic rings. The van der Waals surface area contributed by atoms with E-state index < -0.39 is 11.0 Å². The Morgan fingerprint density at radius 3 is 2.19 bits per heavy atom. The van der Waals surface area contributed by atoms with Crippen molar-refractivity contribution in [3.05, 3.63) is 35.4 Å². The molecule has 1 saturated carbocycles. The van der Waals surface area contributed by atoms with Gasteiger partial charge in [-0.2, -0.15) is 0 Å². The molecule has 0 spiro atoms. The topological polar surface area (TPSA) is 46.5 Å². The summed E-state index contributed by atoms with van der Waals surface area (Å²) in [6.07, 6.45) is 4.99. The van der Waals surface area contributed by atoms with Gasteiger partial charge >= 0.3 is 5.97 Å². The number of esters is 1. The molecular formula is C18H26O3. The van der Waals surface area contributed by atoms with Crippen LogP contribution in [0.4, 0.5) is 0 Å². The first kappa shape index (κ1) is 16.0. The van der Waals surface area contributed by atoms with Crippen LogP contribution in [0.5, 0.6) is 0 Å². The minimum absolute atomic E-state index is 0.0275. The molecule has 1 N–H and O–H groups in total. The maximum Gasteiger partial charge on any atom is 0.317 e. The fourth-order valence-electron chi connectivity index (χ4n) is 3.07. The quantitative estimate of drug-likeness (QED) is 0.863. The van der Waals surface area contributed by atoms with Gasteiger partial charge in [-0.3, -0.25) is 4.79 Å². The smallest absolute Gasteiger partial charge is 0.317 e. The Balaban J connectivity index is 2.33.